The molecule has 3 heterocycles. The molecular formula is C22H15N3O2. The Labute approximate surface area is 156 Å². The summed E-state index contributed by atoms with van der Waals surface area (Å²) >= 11 is 0. The molecule has 4 rings (SSSR count). The quantitative estimate of drug-likeness (QED) is 0.581. The molecule has 0 spiro atoms. The summed E-state index contributed by atoms with van der Waals surface area (Å²) in [6.07, 6.45) is 7.02. The molecule has 4 aromatic rings. The van der Waals surface area contributed by atoms with Crippen molar-refractivity contribution in [2.45, 2.75) is 0 Å². The number of carbonyl (C=O) groups is 1. The van der Waals surface area contributed by atoms with Crippen molar-refractivity contribution < 1.29 is 9.90 Å². The molecule has 5 nitrogen and oxygen atoms in total. The molecule has 0 radical (unpaired) electrons. The summed E-state index contributed by atoms with van der Waals surface area (Å²) in [7, 11) is 0. The van der Waals surface area contributed by atoms with Crippen LogP contribution in [0.2, 0.25) is 0 Å². The van der Waals surface area contributed by atoms with Crippen molar-refractivity contribution in [3.63, 3.8) is 0 Å². The number of hydrogen-bond acceptors (Lipinski definition) is 4. The number of rotatable bonds is 4. The average Bonchev–Trinajstić information content (AvgIpc) is 2.75. The predicted molar refractivity (Wildman–Crippen MR) is 103 cm³/mol. The fraction of sp³-hybridized carbons (Fsp3) is 0. The van der Waals surface area contributed by atoms with Gasteiger partial charge in [-0.05, 0) is 70.8 Å². The van der Waals surface area contributed by atoms with E-state index in [1.165, 1.54) is 0 Å². The highest BCUT2D eigenvalue weighted by atomic mass is 16.4. The minimum atomic E-state index is -0.936. The lowest BCUT2D eigenvalue weighted by Crippen LogP contribution is -1.95. The molecule has 27 heavy (non-hydrogen) atoms. The third-order valence-electron chi connectivity index (χ3n) is 4.26. The second-order valence-corrected chi connectivity index (χ2v) is 5.98. The van der Waals surface area contributed by atoms with Gasteiger partial charge < -0.3 is 5.11 Å². The summed E-state index contributed by atoms with van der Waals surface area (Å²) in [6.45, 7) is 0. The maximum Gasteiger partial charge on any atom is 0.335 e. The van der Waals surface area contributed by atoms with Crippen molar-refractivity contribution in [1.29, 1.82) is 0 Å². The Bertz CT molecular complexity index is 1090. The van der Waals surface area contributed by atoms with Crippen LogP contribution in [-0.2, 0) is 0 Å². The van der Waals surface area contributed by atoms with Gasteiger partial charge in [0.2, 0.25) is 0 Å². The van der Waals surface area contributed by atoms with Gasteiger partial charge in [0.05, 0.1) is 17.0 Å². The summed E-state index contributed by atoms with van der Waals surface area (Å²) < 4.78 is 0. The van der Waals surface area contributed by atoms with E-state index >= 15 is 0 Å². The van der Waals surface area contributed by atoms with Gasteiger partial charge in [-0.15, -0.1) is 0 Å². The zero-order valence-electron chi connectivity index (χ0n) is 14.3. The molecule has 0 unspecified atom stereocenters. The third kappa shape index (κ3) is 3.57. The van der Waals surface area contributed by atoms with Crippen LogP contribution in [0.3, 0.4) is 0 Å². The highest BCUT2D eigenvalue weighted by Gasteiger charge is 2.07. The summed E-state index contributed by atoms with van der Waals surface area (Å²) in [5.41, 5.74) is 5.77. The number of aromatic carboxylic acids is 1. The van der Waals surface area contributed by atoms with Gasteiger partial charge in [-0.25, -0.2) is 4.79 Å². The number of nitrogens with zero attached hydrogens (tertiary/aromatic N) is 3. The molecule has 0 amide bonds. The molecule has 0 aliphatic heterocycles. The van der Waals surface area contributed by atoms with Gasteiger partial charge in [0.15, 0.2) is 0 Å². The van der Waals surface area contributed by atoms with E-state index < -0.39 is 5.97 Å². The maximum absolute atomic E-state index is 11.0. The Morgan fingerprint density at radius 1 is 0.630 bits per heavy atom. The molecule has 1 aromatic carbocycles. The Balaban J connectivity index is 1.70. The number of pyridine rings is 3. The first-order valence-corrected chi connectivity index (χ1v) is 8.37. The monoisotopic (exact) mass is 353 g/mol. The number of carboxylic acid groups (broad SMARTS) is 1. The van der Waals surface area contributed by atoms with Crippen LogP contribution >= 0.6 is 0 Å². The van der Waals surface area contributed by atoms with Gasteiger partial charge in [-0.3, -0.25) is 15.0 Å². The van der Waals surface area contributed by atoms with Crippen LogP contribution in [0.25, 0.3) is 33.6 Å². The fourth-order valence-corrected chi connectivity index (χ4v) is 2.85. The normalized spacial score (nSPS) is 10.5. The van der Waals surface area contributed by atoms with Crippen LogP contribution in [0.4, 0.5) is 0 Å². The molecule has 1 N–H and O–H groups in total. The third-order valence-corrected chi connectivity index (χ3v) is 4.26. The SMILES string of the molecule is O=C(O)c1ccc(-c2ccnc(-c3cc(-c4ccncc4)ccn3)c2)cc1. The lowest BCUT2D eigenvalue weighted by molar-refractivity contribution is 0.0697. The average molecular weight is 353 g/mol. The Kier molecular flexibility index (Phi) is 4.41. The lowest BCUT2D eigenvalue weighted by Gasteiger charge is -2.07. The molecule has 0 aliphatic carbocycles. The molecule has 5 heteroatoms. The molecule has 3 aromatic heterocycles. The van der Waals surface area contributed by atoms with Gasteiger partial charge in [0, 0.05) is 24.8 Å². The first kappa shape index (κ1) is 16.6. The molecule has 0 saturated carbocycles. The van der Waals surface area contributed by atoms with Gasteiger partial charge in [-0.1, -0.05) is 12.1 Å². The van der Waals surface area contributed by atoms with Gasteiger partial charge >= 0.3 is 5.97 Å². The van der Waals surface area contributed by atoms with E-state index in [1.54, 1.807) is 49.1 Å². The van der Waals surface area contributed by atoms with E-state index in [-0.39, 0.29) is 5.56 Å². The summed E-state index contributed by atoms with van der Waals surface area (Å²) in [5, 5.41) is 9.04. The molecule has 0 aliphatic rings. The second-order valence-electron chi connectivity index (χ2n) is 5.98. The Morgan fingerprint density at radius 2 is 1.11 bits per heavy atom. The number of carboxylic acids is 1. The van der Waals surface area contributed by atoms with E-state index in [2.05, 4.69) is 15.0 Å². The van der Waals surface area contributed by atoms with Crippen LogP contribution in [0.15, 0.2) is 85.5 Å². The largest absolute Gasteiger partial charge is 0.478 e. The second kappa shape index (κ2) is 7.17. The van der Waals surface area contributed by atoms with E-state index in [9.17, 15) is 4.79 Å². The maximum atomic E-state index is 11.0. The fourth-order valence-electron chi connectivity index (χ4n) is 2.85. The first-order valence-electron chi connectivity index (χ1n) is 8.37. The Morgan fingerprint density at radius 3 is 1.63 bits per heavy atom. The van der Waals surface area contributed by atoms with Crippen LogP contribution in [-0.4, -0.2) is 26.0 Å². The lowest BCUT2D eigenvalue weighted by atomic mass is 10.0. The predicted octanol–water partition coefficient (Wildman–Crippen LogP) is 4.57. The highest BCUT2D eigenvalue weighted by Crippen LogP contribution is 2.26. The topological polar surface area (TPSA) is 76.0 Å². The molecule has 0 atom stereocenters. The molecule has 130 valence electrons. The van der Waals surface area contributed by atoms with Gasteiger partial charge in [0.1, 0.15) is 0 Å². The highest BCUT2D eigenvalue weighted by molar-refractivity contribution is 5.88. The van der Waals surface area contributed by atoms with Crippen LogP contribution in [0.5, 0.6) is 0 Å². The van der Waals surface area contributed by atoms with Crippen molar-refractivity contribution >= 4 is 5.97 Å². The molecule has 0 fully saturated rings. The van der Waals surface area contributed by atoms with Crippen LogP contribution in [0, 0.1) is 0 Å². The standard InChI is InChI=1S/C22H15N3O2/c26-22(27)17-3-1-15(2-4-17)18-7-11-24-20(13-18)21-14-19(8-12-25-21)16-5-9-23-10-6-16/h1-14H,(H,26,27). The first-order chi connectivity index (χ1) is 13.2. The van der Waals surface area contributed by atoms with Crippen molar-refractivity contribution in [3.05, 3.63) is 91.0 Å². The van der Waals surface area contributed by atoms with Gasteiger partial charge in [0.25, 0.3) is 0 Å². The zero-order chi connectivity index (χ0) is 18.6. The van der Waals surface area contributed by atoms with Gasteiger partial charge in [-0.2, -0.15) is 0 Å². The smallest absolute Gasteiger partial charge is 0.335 e. The number of hydrogen-bond donors (Lipinski definition) is 1. The number of aromatic nitrogens is 3. The minimum Gasteiger partial charge on any atom is -0.478 e. The molecular weight excluding hydrogens is 338 g/mol. The van der Waals surface area contributed by atoms with Crippen molar-refractivity contribution in [3.8, 4) is 33.6 Å². The summed E-state index contributed by atoms with van der Waals surface area (Å²) in [6, 6.07) is 18.5. The van der Waals surface area contributed by atoms with Crippen LogP contribution < -0.4 is 0 Å². The summed E-state index contributed by atoms with van der Waals surface area (Å²) in [4.78, 5) is 24.0. The van der Waals surface area contributed by atoms with Crippen LogP contribution in [0.1, 0.15) is 10.4 Å². The summed E-state index contributed by atoms with van der Waals surface area (Å²) in [5.74, 6) is -0.936. The minimum absolute atomic E-state index is 0.264. The van der Waals surface area contributed by atoms with Crippen molar-refractivity contribution in [2.75, 3.05) is 0 Å². The van der Waals surface area contributed by atoms with E-state index in [4.69, 9.17) is 5.11 Å². The Hall–Kier alpha value is -3.86. The molecule has 0 bridgehead atoms. The van der Waals surface area contributed by atoms with Crippen molar-refractivity contribution in [2.24, 2.45) is 0 Å². The zero-order valence-corrected chi connectivity index (χ0v) is 14.3. The number of benzene rings is 1. The van der Waals surface area contributed by atoms with E-state index in [0.29, 0.717) is 0 Å². The van der Waals surface area contributed by atoms with E-state index in [1.807, 2.05) is 36.4 Å². The molecule has 0 saturated heterocycles. The van der Waals surface area contributed by atoms with E-state index in [0.717, 1.165) is 33.6 Å². The van der Waals surface area contributed by atoms with Crippen molar-refractivity contribution in [1.82, 2.24) is 15.0 Å².